The average molecular weight is 247 g/mol. The summed E-state index contributed by atoms with van der Waals surface area (Å²) in [5, 5.41) is 3.55. The molecule has 0 heterocycles. The van der Waals surface area contributed by atoms with Crippen molar-refractivity contribution in [1.29, 1.82) is 0 Å². The normalized spacial score (nSPS) is 11.6. The van der Waals surface area contributed by atoms with E-state index in [1.165, 1.54) is 11.3 Å². The molecule has 0 radical (unpaired) electrons. The standard InChI is InChI=1S/C15H21NS/c1-3-5-9-14(16-12-4-2)13-17-15-10-7-6-8-11-15/h6-8,10-11,14,16H,4,9,12-13H2,1-2H3. The number of hydrogen-bond acceptors (Lipinski definition) is 2. The van der Waals surface area contributed by atoms with Crippen molar-refractivity contribution >= 4 is 11.8 Å². The molecular formula is C15H21NS. The third-order valence-electron chi connectivity index (χ3n) is 2.40. The Hall–Kier alpha value is -0.910. The molecule has 0 fully saturated rings. The summed E-state index contributed by atoms with van der Waals surface area (Å²) in [7, 11) is 0. The molecule has 1 nitrogen and oxygen atoms in total. The maximum Gasteiger partial charge on any atom is 0.0271 e. The summed E-state index contributed by atoms with van der Waals surface area (Å²) in [5.74, 6) is 7.22. The molecule has 0 aliphatic carbocycles. The fraction of sp³-hybridized carbons (Fsp3) is 0.467. The maximum atomic E-state index is 3.55. The zero-order chi connectivity index (χ0) is 12.3. The third-order valence-corrected chi connectivity index (χ3v) is 3.58. The third kappa shape index (κ3) is 6.41. The molecule has 2 heteroatoms. The number of rotatable bonds is 7. The molecule has 1 rings (SSSR count). The van der Waals surface area contributed by atoms with Gasteiger partial charge in [-0.05, 0) is 32.0 Å². The molecular weight excluding hydrogens is 226 g/mol. The van der Waals surface area contributed by atoms with Gasteiger partial charge < -0.3 is 5.32 Å². The number of thioether (sulfide) groups is 1. The van der Waals surface area contributed by atoms with Crippen molar-refractivity contribution in [3.05, 3.63) is 30.3 Å². The Labute approximate surface area is 109 Å². The van der Waals surface area contributed by atoms with Gasteiger partial charge in [0, 0.05) is 23.1 Å². The van der Waals surface area contributed by atoms with Crippen LogP contribution in [0.1, 0.15) is 26.7 Å². The molecule has 1 unspecified atom stereocenters. The van der Waals surface area contributed by atoms with Gasteiger partial charge in [-0.3, -0.25) is 0 Å². The van der Waals surface area contributed by atoms with Crippen molar-refractivity contribution in [3.63, 3.8) is 0 Å². The van der Waals surface area contributed by atoms with Crippen molar-refractivity contribution in [1.82, 2.24) is 5.32 Å². The number of hydrogen-bond donors (Lipinski definition) is 1. The summed E-state index contributed by atoms with van der Waals surface area (Å²) < 4.78 is 0. The van der Waals surface area contributed by atoms with Crippen LogP contribution in [0.15, 0.2) is 35.2 Å². The first-order valence-electron chi connectivity index (χ1n) is 6.17. The Morgan fingerprint density at radius 3 is 2.71 bits per heavy atom. The van der Waals surface area contributed by atoms with Gasteiger partial charge in [-0.15, -0.1) is 23.6 Å². The molecule has 0 saturated carbocycles. The first kappa shape index (κ1) is 14.2. The van der Waals surface area contributed by atoms with Crippen LogP contribution in [0.5, 0.6) is 0 Å². The highest BCUT2D eigenvalue weighted by Crippen LogP contribution is 2.18. The highest BCUT2D eigenvalue weighted by Gasteiger charge is 2.06. The molecule has 0 aliphatic heterocycles. The van der Waals surface area contributed by atoms with Gasteiger partial charge in [0.2, 0.25) is 0 Å². The smallest absolute Gasteiger partial charge is 0.0271 e. The fourth-order valence-corrected chi connectivity index (χ4v) is 2.46. The van der Waals surface area contributed by atoms with Gasteiger partial charge in [-0.25, -0.2) is 0 Å². The van der Waals surface area contributed by atoms with Gasteiger partial charge in [-0.1, -0.05) is 25.1 Å². The summed E-state index contributed by atoms with van der Waals surface area (Å²) >= 11 is 1.90. The van der Waals surface area contributed by atoms with Crippen molar-refractivity contribution in [2.45, 2.75) is 37.6 Å². The lowest BCUT2D eigenvalue weighted by Crippen LogP contribution is -2.31. The first-order valence-corrected chi connectivity index (χ1v) is 7.16. The van der Waals surface area contributed by atoms with Crippen molar-refractivity contribution in [2.24, 2.45) is 0 Å². The van der Waals surface area contributed by atoms with Crippen LogP contribution in [-0.2, 0) is 0 Å². The molecule has 17 heavy (non-hydrogen) atoms. The van der Waals surface area contributed by atoms with E-state index in [1.54, 1.807) is 0 Å². The average Bonchev–Trinajstić information content (AvgIpc) is 2.39. The molecule has 0 bridgehead atoms. The van der Waals surface area contributed by atoms with Crippen LogP contribution < -0.4 is 5.32 Å². The van der Waals surface area contributed by atoms with Crippen molar-refractivity contribution in [3.8, 4) is 11.8 Å². The molecule has 1 atom stereocenters. The molecule has 0 aromatic heterocycles. The predicted octanol–water partition coefficient (Wildman–Crippen LogP) is 3.56. The molecule has 1 N–H and O–H groups in total. The lowest BCUT2D eigenvalue weighted by atomic mass is 10.2. The van der Waals surface area contributed by atoms with Crippen LogP contribution >= 0.6 is 11.8 Å². The van der Waals surface area contributed by atoms with Crippen LogP contribution in [0.4, 0.5) is 0 Å². The van der Waals surface area contributed by atoms with E-state index in [2.05, 4.69) is 54.4 Å². The zero-order valence-electron chi connectivity index (χ0n) is 10.7. The zero-order valence-corrected chi connectivity index (χ0v) is 11.5. The number of nitrogens with one attached hydrogen (secondary N) is 1. The maximum absolute atomic E-state index is 3.55. The highest BCUT2D eigenvalue weighted by atomic mass is 32.2. The molecule has 0 aliphatic rings. The predicted molar refractivity (Wildman–Crippen MR) is 77.3 cm³/mol. The Morgan fingerprint density at radius 1 is 1.29 bits per heavy atom. The van der Waals surface area contributed by atoms with E-state index in [0.717, 1.165) is 18.7 Å². The largest absolute Gasteiger partial charge is 0.312 e. The second-order valence-electron chi connectivity index (χ2n) is 3.91. The van der Waals surface area contributed by atoms with Gasteiger partial charge in [0.15, 0.2) is 0 Å². The Balaban J connectivity index is 2.39. The minimum Gasteiger partial charge on any atom is -0.312 e. The molecule has 0 amide bonds. The van der Waals surface area contributed by atoms with E-state index >= 15 is 0 Å². The van der Waals surface area contributed by atoms with Crippen LogP contribution in [0.2, 0.25) is 0 Å². The van der Waals surface area contributed by atoms with E-state index in [0.29, 0.717) is 6.04 Å². The highest BCUT2D eigenvalue weighted by molar-refractivity contribution is 7.99. The van der Waals surface area contributed by atoms with Crippen molar-refractivity contribution in [2.75, 3.05) is 12.3 Å². The molecule has 92 valence electrons. The lowest BCUT2D eigenvalue weighted by Gasteiger charge is -2.15. The lowest BCUT2D eigenvalue weighted by molar-refractivity contribution is 0.563. The number of benzene rings is 1. The summed E-state index contributed by atoms with van der Waals surface area (Å²) in [4.78, 5) is 1.33. The van der Waals surface area contributed by atoms with Gasteiger partial charge in [-0.2, -0.15) is 0 Å². The summed E-state index contributed by atoms with van der Waals surface area (Å²) in [6, 6.07) is 11.0. The SMILES string of the molecule is CC#CCC(CSc1ccccc1)NCCC. The second-order valence-corrected chi connectivity index (χ2v) is 5.00. The second kappa shape index (κ2) is 9.15. The van der Waals surface area contributed by atoms with Crippen LogP contribution in [0, 0.1) is 11.8 Å². The van der Waals surface area contributed by atoms with Gasteiger partial charge in [0.1, 0.15) is 0 Å². The van der Waals surface area contributed by atoms with Crippen molar-refractivity contribution < 1.29 is 0 Å². The Bertz CT molecular complexity index is 350. The topological polar surface area (TPSA) is 12.0 Å². The van der Waals surface area contributed by atoms with Gasteiger partial charge in [0.25, 0.3) is 0 Å². The molecule has 1 aromatic rings. The Kier molecular flexibility index (Phi) is 7.62. The molecule has 0 spiro atoms. The van der Waals surface area contributed by atoms with E-state index in [4.69, 9.17) is 0 Å². The van der Waals surface area contributed by atoms with Crippen LogP contribution in [-0.4, -0.2) is 18.3 Å². The molecule has 1 aromatic carbocycles. The van der Waals surface area contributed by atoms with E-state index in [-0.39, 0.29) is 0 Å². The van der Waals surface area contributed by atoms with Crippen LogP contribution in [0.25, 0.3) is 0 Å². The minimum absolute atomic E-state index is 0.493. The summed E-state index contributed by atoms with van der Waals surface area (Å²) in [5.41, 5.74) is 0. The fourth-order valence-electron chi connectivity index (χ4n) is 1.48. The van der Waals surface area contributed by atoms with E-state index in [1.807, 2.05) is 18.7 Å². The molecule has 0 saturated heterocycles. The monoisotopic (exact) mass is 247 g/mol. The minimum atomic E-state index is 0.493. The summed E-state index contributed by atoms with van der Waals surface area (Å²) in [6.45, 7) is 5.17. The van der Waals surface area contributed by atoms with E-state index in [9.17, 15) is 0 Å². The van der Waals surface area contributed by atoms with Gasteiger partial charge >= 0.3 is 0 Å². The van der Waals surface area contributed by atoms with E-state index < -0.39 is 0 Å². The van der Waals surface area contributed by atoms with Crippen LogP contribution in [0.3, 0.4) is 0 Å². The Morgan fingerprint density at radius 2 is 2.06 bits per heavy atom. The van der Waals surface area contributed by atoms with Gasteiger partial charge in [0.05, 0.1) is 0 Å². The first-order chi connectivity index (χ1) is 8.36. The quantitative estimate of drug-likeness (QED) is 0.584. The summed E-state index contributed by atoms with van der Waals surface area (Å²) in [6.07, 6.45) is 2.11.